The molecule has 1 nitrogen and oxygen atoms in total. The Labute approximate surface area is 94.0 Å². The smallest absolute Gasteiger partial charge is 0.0537 e. The van der Waals surface area contributed by atoms with Gasteiger partial charge in [0, 0.05) is 22.8 Å². The molecule has 1 aromatic rings. The molecule has 0 aliphatic carbocycles. The van der Waals surface area contributed by atoms with E-state index < -0.39 is 0 Å². The van der Waals surface area contributed by atoms with Gasteiger partial charge in [-0.2, -0.15) is 0 Å². The normalized spacial score (nSPS) is 27.8. The van der Waals surface area contributed by atoms with E-state index in [0.717, 1.165) is 26.1 Å². The number of rotatable bonds is 3. The van der Waals surface area contributed by atoms with Crippen LogP contribution in [0.25, 0.3) is 0 Å². The fraction of sp³-hybridized carbons (Fsp3) is 0.636. The molecule has 1 unspecified atom stereocenters. The second-order valence-corrected chi connectivity index (χ2v) is 5.35. The molecular formula is C11H15ClOS. The van der Waals surface area contributed by atoms with E-state index in [0.29, 0.717) is 5.88 Å². The Bertz CT molecular complexity index is 265. The summed E-state index contributed by atoms with van der Waals surface area (Å²) in [6, 6.07) is 4.29. The van der Waals surface area contributed by atoms with Gasteiger partial charge in [-0.3, -0.25) is 0 Å². The molecule has 1 aliphatic rings. The Hall–Kier alpha value is -0.0500. The molecule has 0 aromatic carbocycles. The first-order valence-corrected chi connectivity index (χ1v) is 6.42. The third-order valence-electron chi connectivity index (χ3n) is 2.82. The van der Waals surface area contributed by atoms with Crippen molar-refractivity contribution in [3.8, 4) is 0 Å². The van der Waals surface area contributed by atoms with Gasteiger partial charge in [-0.15, -0.1) is 22.9 Å². The highest BCUT2D eigenvalue weighted by Crippen LogP contribution is 2.34. The Balaban J connectivity index is 2.04. The predicted molar refractivity (Wildman–Crippen MR) is 61.2 cm³/mol. The number of ether oxygens (including phenoxy) is 1. The van der Waals surface area contributed by atoms with Crippen LogP contribution in [0.15, 0.2) is 17.5 Å². The van der Waals surface area contributed by atoms with Crippen molar-refractivity contribution in [3.63, 3.8) is 0 Å². The van der Waals surface area contributed by atoms with Gasteiger partial charge in [0.25, 0.3) is 0 Å². The summed E-state index contributed by atoms with van der Waals surface area (Å²) in [5.74, 6) is 0.713. The Morgan fingerprint density at radius 2 is 2.50 bits per heavy atom. The fourth-order valence-electron chi connectivity index (χ4n) is 1.98. The molecule has 2 rings (SSSR count). The summed E-state index contributed by atoms with van der Waals surface area (Å²) < 4.78 is 5.55. The fourth-order valence-corrected chi connectivity index (χ4v) is 3.17. The molecule has 0 N–H and O–H groups in total. The zero-order chi connectivity index (χ0) is 9.86. The van der Waals surface area contributed by atoms with Gasteiger partial charge in [-0.05, 0) is 30.7 Å². The average Bonchev–Trinajstić information content (AvgIpc) is 2.72. The van der Waals surface area contributed by atoms with Crippen molar-refractivity contribution in [3.05, 3.63) is 22.4 Å². The van der Waals surface area contributed by atoms with Crippen molar-refractivity contribution in [2.24, 2.45) is 5.41 Å². The first kappa shape index (κ1) is 10.5. The van der Waals surface area contributed by atoms with E-state index in [9.17, 15) is 0 Å². The third kappa shape index (κ3) is 2.30. The SMILES string of the molecule is ClCC1(Cc2cccs2)CCCOC1. The van der Waals surface area contributed by atoms with Crippen molar-refractivity contribution in [2.45, 2.75) is 19.3 Å². The van der Waals surface area contributed by atoms with Crippen LogP contribution in [-0.2, 0) is 11.2 Å². The minimum absolute atomic E-state index is 0.199. The number of thiophene rings is 1. The van der Waals surface area contributed by atoms with Crippen molar-refractivity contribution >= 4 is 22.9 Å². The molecule has 14 heavy (non-hydrogen) atoms. The standard InChI is InChI=1S/C11H15ClOS/c12-8-11(4-2-5-13-9-11)7-10-3-1-6-14-10/h1,3,6H,2,4-5,7-9H2. The van der Waals surface area contributed by atoms with Crippen molar-refractivity contribution in [2.75, 3.05) is 19.1 Å². The van der Waals surface area contributed by atoms with E-state index in [4.69, 9.17) is 16.3 Å². The van der Waals surface area contributed by atoms with Gasteiger partial charge < -0.3 is 4.74 Å². The molecule has 0 spiro atoms. The Kier molecular flexibility index (Phi) is 3.47. The molecule has 0 radical (unpaired) electrons. The minimum atomic E-state index is 0.199. The van der Waals surface area contributed by atoms with Crippen LogP contribution in [0.4, 0.5) is 0 Å². The monoisotopic (exact) mass is 230 g/mol. The summed E-state index contributed by atoms with van der Waals surface area (Å²) in [4.78, 5) is 1.43. The summed E-state index contributed by atoms with van der Waals surface area (Å²) in [5.41, 5.74) is 0.199. The lowest BCUT2D eigenvalue weighted by atomic mass is 9.81. The van der Waals surface area contributed by atoms with Crippen LogP contribution >= 0.6 is 22.9 Å². The van der Waals surface area contributed by atoms with Crippen LogP contribution in [0.5, 0.6) is 0 Å². The van der Waals surface area contributed by atoms with Crippen LogP contribution in [0.1, 0.15) is 17.7 Å². The van der Waals surface area contributed by atoms with E-state index in [1.54, 1.807) is 0 Å². The van der Waals surface area contributed by atoms with Crippen LogP contribution in [-0.4, -0.2) is 19.1 Å². The lowest BCUT2D eigenvalue weighted by molar-refractivity contribution is 0.00517. The van der Waals surface area contributed by atoms with E-state index >= 15 is 0 Å². The second-order valence-electron chi connectivity index (χ2n) is 4.05. The zero-order valence-corrected chi connectivity index (χ0v) is 9.74. The predicted octanol–water partition coefficient (Wildman–Crippen LogP) is 3.33. The van der Waals surface area contributed by atoms with E-state index in [-0.39, 0.29) is 5.41 Å². The van der Waals surface area contributed by atoms with Crippen LogP contribution in [0, 0.1) is 5.41 Å². The van der Waals surface area contributed by atoms with Crippen molar-refractivity contribution in [1.82, 2.24) is 0 Å². The summed E-state index contributed by atoms with van der Waals surface area (Å²) in [6.07, 6.45) is 3.43. The van der Waals surface area contributed by atoms with Gasteiger partial charge >= 0.3 is 0 Å². The molecular weight excluding hydrogens is 216 g/mol. The zero-order valence-electron chi connectivity index (χ0n) is 8.17. The Morgan fingerprint density at radius 3 is 3.07 bits per heavy atom. The average molecular weight is 231 g/mol. The lowest BCUT2D eigenvalue weighted by Gasteiger charge is -2.35. The number of halogens is 1. The van der Waals surface area contributed by atoms with Gasteiger partial charge in [0.05, 0.1) is 6.61 Å². The highest BCUT2D eigenvalue weighted by molar-refractivity contribution is 7.09. The molecule has 0 bridgehead atoms. The van der Waals surface area contributed by atoms with Crippen LogP contribution in [0.2, 0.25) is 0 Å². The first-order valence-electron chi connectivity index (χ1n) is 5.01. The van der Waals surface area contributed by atoms with E-state index in [1.165, 1.54) is 11.3 Å². The minimum Gasteiger partial charge on any atom is -0.381 e. The topological polar surface area (TPSA) is 9.23 Å². The van der Waals surface area contributed by atoms with Crippen molar-refractivity contribution < 1.29 is 4.74 Å². The number of hydrogen-bond donors (Lipinski definition) is 0. The molecule has 2 heterocycles. The summed E-state index contributed by atoms with van der Waals surface area (Å²) in [5, 5.41) is 2.13. The van der Waals surface area contributed by atoms with Gasteiger partial charge in [-0.25, -0.2) is 0 Å². The maximum atomic E-state index is 6.08. The largest absolute Gasteiger partial charge is 0.381 e. The molecule has 1 atom stereocenters. The molecule has 0 amide bonds. The van der Waals surface area contributed by atoms with Gasteiger partial charge in [0.1, 0.15) is 0 Å². The molecule has 3 heteroatoms. The lowest BCUT2D eigenvalue weighted by Crippen LogP contribution is -2.35. The molecule has 1 aromatic heterocycles. The van der Waals surface area contributed by atoms with E-state index in [1.807, 2.05) is 11.3 Å². The summed E-state index contributed by atoms with van der Waals surface area (Å²) in [6.45, 7) is 1.73. The maximum absolute atomic E-state index is 6.08. The highest BCUT2D eigenvalue weighted by Gasteiger charge is 2.32. The van der Waals surface area contributed by atoms with Gasteiger partial charge in [0.15, 0.2) is 0 Å². The van der Waals surface area contributed by atoms with Crippen LogP contribution < -0.4 is 0 Å². The Morgan fingerprint density at radius 1 is 1.57 bits per heavy atom. The van der Waals surface area contributed by atoms with E-state index in [2.05, 4.69) is 17.5 Å². The maximum Gasteiger partial charge on any atom is 0.0537 e. The molecule has 1 saturated heterocycles. The number of alkyl halides is 1. The molecule has 1 fully saturated rings. The molecule has 78 valence electrons. The number of hydrogen-bond acceptors (Lipinski definition) is 2. The van der Waals surface area contributed by atoms with Gasteiger partial charge in [-0.1, -0.05) is 6.07 Å². The third-order valence-corrected chi connectivity index (χ3v) is 4.26. The first-order chi connectivity index (χ1) is 6.85. The summed E-state index contributed by atoms with van der Waals surface area (Å²) >= 11 is 7.89. The summed E-state index contributed by atoms with van der Waals surface area (Å²) in [7, 11) is 0. The second kappa shape index (κ2) is 4.65. The van der Waals surface area contributed by atoms with Gasteiger partial charge in [0.2, 0.25) is 0 Å². The van der Waals surface area contributed by atoms with Crippen LogP contribution in [0.3, 0.4) is 0 Å². The molecule has 1 aliphatic heterocycles. The highest BCUT2D eigenvalue weighted by atomic mass is 35.5. The molecule has 0 saturated carbocycles. The quantitative estimate of drug-likeness (QED) is 0.724. The van der Waals surface area contributed by atoms with Crippen molar-refractivity contribution in [1.29, 1.82) is 0 Å².